The Kier molecular flexibility index (Phi) is 6.38. The van der Waals surface area contributed by atoms with Gasteiger partial charge in [0.1, 0.15) is 17.2 Å². The molecule has 0 saturated heterocycles. The van der Waals surface area contributed by atoms with Crippen molar-refractivity contribution in [2.45, 2.75) is 20.1 Å². The lowest BCUT2D eigenvalue weighted by Crippen LogP contribution is -2.28. The second-order valence-electron chi connectivity index (χ2n) is 7.40. The van der Waals surface area contributed by atoms with Gasteiger partial charge in [-0.25, -0.2) is 23.0 Å². The molecule has 0 bridgehead atoms. The molecule has 0 aliphatic carbocycles. The Bertz CT molecular complexity index is 1490. The quantitative estimate of drug-likeness (QED) is 0.242. The molecule has 2 heterocycles. The van der Waals surface area contributed by atoms with Crippen molar-refractivity contribution in [3.8, 4) is 11.3 Å². The summed E-state index contributed by atoms with van der Waals surface area (Å²) in [5.41, 5.74) is -1.38. The number of nitro groups is 1. The molecular formula is C23H18F2N4O6. The third kappa shape index (κ3) is 4.26. The zero-order chi connectivity index (χ0) is 25.3. The molecular weight excluding hydrogens is 466 g/mol. The Labute approximate surface area is 195 Å². The maximum atomic E-state index is 14.4. The third-order valence-electron chi connectivity index (χ3n) is 5.32. The Morgan fingerprint density at radius 2 is 1.83 bits per heavy atom. The summed E-state index contributed by atoms with van der Waals surface area (Å²) < 4.78 is 35.9. The van der Waals surface area contributed by atoms with Crippen LogP contribution in [0.4, 0.5) is 14.5 Å². The molecule has 1 N–H and O–H groups in total. The number of nitrogens with zero attached hydrogens (tertiary/aromatic N) is 4. The van der Waals surface area contributed by atoms with Crippen molar-refractivity contribution in [3.63, 3.8) is 0 Å². The van der Waals surface area contributed by atoms with Gasteiger partial charge in [-0.2, -0.15) is 0 Å². The molecule has 180 valence electrons. The molecule has 0 radical (unpaired) electrons. The molecule has 0 fully saturated rings. The van der Waals surface area contributed by atoms with Gasteiger partial charge in [0.05, 0.1) is 36.1 Å². The maximum absolute atomic E-state index is 14.4. The van der Waals surface area contributed by atoms with Gasteiger partial charge in [0.25, 0.3) is 11.2 Å². The van der Waals surface area contributed by atoms with E-state index in [2.05, 4.69) is 4.98 Å². The molecule has 0 spiro atoms. The second kappa shape index (κ2) is 9.43. The van der Waals surface area contributed by atoms with Crippen LogP contribution in [-0.2, 0) is 17.9 Å². The number of aliphatic hydroxyl groups is 1. The average Bonchev–Trinajstić information content (AvgIpc) is 3.23. The maximum Gasteiger partial charge on any atom is 0.345 e. The number of carbonyl (C=O) groups excluding carboxylic acids is 1. The monoisotopic (exact) mass is 484 g/mol. The van der Waals surface area contributed by atoms with E-state index in [1.54, 1.807) is 6.92 Å². The predicted molar refractivity (Wildman–Crippen MR) is 119 cm³/mol. The highest BCUT2D eigenvalue weighted by molar-refractivity contribution is 5.89. The van der Waals surface area contributed by atoms with Crippen molar-refractivity contribution in [2.75, 3.05) is 6.61 Å². The van der Waals surface area contributed by atoms with Crippen LogP contribution in [0.25, 0.3) is 17.0 Å². The lowest BCUT2D eigenvalue weighted by atomic mass is 10.1. The fourth-order valence-corrected chi connectivity index (χ4v) is 3.67. The number of ether oxygens (including phenoxy) is 1. The number of hydrogen-bond donors (Lipinski definition) is 1. The summed E-state index contributed by atoms with van der Waals surface area (Å²) in [4.78, 5) is 40.5. The van der Waals surface area contributed by atoms with Gasteiger partial charge in [-0.05, 0) is 31.2 Å². The van der Waals surface area contributed by atoms with Gasteiger partial charge >= 0.3 is 5.97 Å². The first-order chi connectivity index (χ1) is 16.8. The number of non-ortho nitro benzene ring substituents is 1. The van der Waals surface area contributed by atoms with Crippen molar-refractivity contribution >= 4 is 17.4 Å². The van der Waals surface area contributed by atoms with Crippen LogP contribution in [0.1, 0.15) is 28.5 Å². The summed E-state index contributed by atoms with van der Waals surface area (Å²) in [5.74, 6) is -2.76. The molecule has 4 aromatic rings. The van der Waals surface area contributed by atoms with E-state index in [1.165, 1.54) is 34.9 Å². The van der Waals surface area contributed by atoms with Gasteiger partial charge in [-0.15, -0.1) is 0 Å². The van der Waals surface area contributed by atoms with Gasteiger partial charge in [0, 0.05) is 29.5 Å². The summed E-state index contributed by atoms with van der Waals surface area (Å²) in [6.07, 6.45) is 1.09. The predicted octanol–water partition coefficient (Wildman–Crippen LogP) is 3.07. The number of hydrogen-bond acceptors (Lipinski definition) is 7. The van der Waals surface area contributed by atoms with E-state index in [9.17, 15) is 33.6 Å². The normalized spacial score (nSPS) is 11.1. The second-order valence-corrected chi connectivity index (χ2v) is 7.40. The van der Waals surface area contributed by atoms with Crippen LogP contribution < -0.4 is 5.56 Å². The minimum atomic E-state index is -0.961. The molecule has 4 rings (SSSR count). The highest BCUT2D eigenvalue weighted by Crippen LogP contribution is 2.27. The average molecular weight is 484 g/mol. The molecule has 12 heteroatoms. The summed E-state index contributed by atoms with van der Waals surface area (Å²) >= 11 is 0. The first-order valence-electron chi connectivity index (χ1n) is 10.4. The number of benzene rings is 2. The Balaban J connectivity index is 2.00. The minimum Gasteiger partial charge on any atom is -0.462 e. The molecule has 0 saturated carbocycles. The zero-order valence-corrected chi connectivity index (χ0v) is 18.3. The molecule has 0 amide bonds. The van der Waals surface area contributed by atoms with Crippen LogP contribution in [-0.4, -0.2) is 36.6 Å². The van der Waals surface area contributed by atoms with Gasteiger partial charge in [-0.1, -0.05) is 6.07 Å². The lowest BCUT2D eigenvalue weighted by molar-refractivity contribution is -0.384. The number of imidazole rings is 1. The number of aromatic nitrogens is 3. The van der Waals surface area contributed by atoms with Crippen molar-refractivity contribution in [1.82, 2.24) is 14.0 Å². The van der Waals surface area contributed by atoms with Crippen LogP contribution in [0, 0.1) is 21.7 Å². The number of esters is 1. The van der Waals surface area contributed by atoms with Crippen LogP contribution in [0.2, 0.25) is 0 Å². The largest absolute Gasteiger partial charge is 0.462 e. The molecule has 2 aromatic carbocycles. The molecule has 0 aliphatic rings. The van der Waals surface area contributed by atoms with Crippen LogP contribution >= 0.6 is 0 Å². The van der Waals surface area contributed by atoms with Crippen molar-refractivity contribution in [3.05, 3.63) is 97.6 Å². The highest BCUT2D eigenvalue weighted by Gasteiger charge is 2.24. The highest BCUT2D eigenvalue weighted by atomic mass is 19.1. The van der Waals surface area contributed by atoms with Gasteiger partial charge in [-0.3, -0.25) is 14.9 Å². The summed E-state index contributed by atoms with van der Waals surface area (Å²) in [6, 6.07) is 8.56. The Hall–Kier alpha value is -4.45. The molecule has 35 heavy (non-hydrogen) atoms. The van der Waals surface area contributed by atoms with E-state index in [1.807, 2.05) is 0 Å². The van der Waals surface area contributed by atoms with E-state index in [0.717, 1.165) is 22.7 Å². The van der Waals surface area contributed by atoms with Crippen LogP contribution in [0.3, 0.4) is 0 Å². The zero-order valence-electron chi connectivity index (χ0n) is 18.3. The van der Waals surface area contributed by atoms with Crippen molar-refractivity contribution < 1.29 is 28.3 Å². The summed E-state index contributed by atoms with van der Waals surface area (Å²) in [5, 5.41) is 21.1. The molecule has 2 aromatic heterocycles. The lowest BCUT2D eigenvalue weighted by Gasteiger charge is -2.12. The molecule has 10 nitrogen and oxygen atoms in total. The number of rotatable bonds is 7. The summed E-state index contributed by atoms with van der Waals surface area (Å²) in [6.45, 7) is 0.398. The summed E-state index contributed by atoms with van der Waals surface area (Å²) in [7, 11) is 0. The number of halogens is 2. The fraction of sp³-hybridized carbons (Fsp3) is 0.174. The standard InChI is InChI=1S/C23H18F2N4O6/c1-2-35-22(32)16-11-27(10-15-17(24)4-3-5-18(15)25)23-26-20(19(12-30)28(23)21(16)31)13-6-8-14(9-7-13)29(33)34/h3-9,11,30H,2,10,12H2,1H3. The SMILES string of the molecule is CCOC(=O)c1cn(Cc2c(F)cccc2F)c2nc(-c3ccc([N+](=O)[O-])cc3)c(CO)n2c1=O. The van der Waals surface area contributed by atoms with E-state index in [4.69, 9.17) is 4.74 Å². The minimum absolute atomic E-state index is 0.0206. The first kappa shape index (κ1) is 23.7. The first-order valence-corrected chi connectivity index (χ1v) is 10.4. The Morgan fingerprint density at radius 1 is 1.17 bits per heavy atom. The van der Waals surface area contributed by atoms with Gasteiger partial charge in [0.2, 0.25) is 5.78 Å². The van der Waals surface area contributed by atoms with E-state index >= 15 is 0 Å². The van der Waals surface area contributed by atoms with E-state index < -0.39 is 46.8 Å². The number of aliphatic hydroxyl groups excluding tert-OH is 1. The number of fused-ring (bicyclic) bond motifs is 1. The van der Waals surface area contributed by atoms with Crippen molar-refractivity contribution in [2.24, 2.45) is 0 Å². The van der Waals surface area contributed by atoms with E-state index in [0.29, 0.717) is 5.56 Å². The van der Waals surface area contributed by atoms with Gasteiger partial charge in [0.15, 0.2) is 0 Å². The van der Waals surface area contributed by atoms with Crippen LogP contribution in [0.15, 0.2) is 53.5 Å². The Morgan fingerprint density at radius 3 is 2.40 bits per heavy atom. The third-order valence-corrected chi connectivity index (χ3v) is 5.32. The smallest absolute Gasteiger partial charge is 0.345 e. The molecule has 0 atom stereocenters. The van der Waals surface area contributed by atoms with Crippen LogP contribution in [0.5, 0.6) is 0 Å². The fourth-order valence-electron chi connectivity index (χ4n) is 3.67. The molecule has 0 aliphatic heterocycles. The number of carbonyl (C=O) groups is 1. The topological polar surface area (TPSA) is 129 Å². The number of nitro benzene ring substituents is 1. The van der Waals surface area contributed by atoms with Crippen molar-refractivity contribution in [1.29, 1.82) is 0 Å². The van der Waals surface area contributed by atoms with Gasteiger partial charge < -0.3 is 14.4 Å². The van der Waals surface area contributed by atoms with E-state index in [-0.39, 0.29) is 35.0 Å². The molecule has 0 unspecified atom stereocenters.